The Morgan fingerprint density at radius 2 is 2.00 bits per heavy atom. The lowest BCUT2D eigenvalue weighted by Crippen LogP contribution is -2.21. The molecule has 3 heterocycles. The molecule has 1 saturated carbocycles. The Balaban J connectivity index is 1.30. The van der Waals surface area contributed by atoms with Gasteiger partial charge in [0.2, 0.25) is 16.8 Å². The maximum atomic E-state index is 13.0. The molecule has 1 spiro atoms. The van der Waals surface area contributed by atoms with E-state index in [0.717, 1.165) is 39.9 Å². The number of benzene rings is 2. The lowest BCUT2D eigenvalue weighted by molar-refractivity contribution is -0.118. The topological polar surface area (TPSA) is 124 Å². The Bertz CT molecular complexity index is 1490. The summed E-state index contributed by atoms with van der Waals surface area (Å²) in [6, 6.07) is 15.3. The van der Waals surface area contributed by atoms with Gasteiger partial charge < -0.3 is 24.7 Å². The van der Waals surface area contributed by atoms with Gasteiger partial charge in [-0.15, -0.1) is 0 Å². The van der Waals surface area contributed by atoms with E-state index < -0.39 is 16.6 Å². The maximum absolute atomic E-state index is 13.0. The fourth-order valence-electron chi connectivity index (χ4n) is 5.01. The standard InChI is InChI=1S/C25H23N5O4S/c1-33-14-5-7-18-16(11-14)25(24(31)27-18)12-17(25)13-4-6-15-20(10-13)29-30-22(15)26-19-8-9-21(35(3)32)28-23(19)34-2/h4-11,17H,12H2,1-3H3,(H,27,31)(H2,26,29,30)/t17-,25-,35?/m0/s1. The van der Waals surface area contributed by atoms with E-state index in [2.05, 4.69) is 31.9 Å². The van der Waals surface area contributed by atoms with E-state index in [1.165, 1.54) is 7.11 Å². The average molecular weight is 490 g/mol. The highest BCUT2D eigenvalue weighted by Crippen LogP contribution is 2.65. The van der Waals surface area contributed by atoms with Crippen LogP contribution in [0.1, 0.15) is 23.5 Å². The molecule has 1 fully saturated rings. The van der Waals surface area contributed by atoms with E-state index in [-0.39, 0.29) is 11.8 Å². The summed E-state index contributed by atoms with van der Waals surface area (Å²) in [7, 11) is 3.15. The summed E-state index contributed by atoms with van der Waals surface area (Å²) in [6.45, 7) is 0. The van der Waals surface area contributed by atoms with Crippen molar-refractivity contribution in [3.63, 3.8) is 0 Å². The molecule has 6 rings (SSSR count). The third-order valence-electron chi connectivity index (χ3n) is 6.89. The Labute approximate surface area is 204 Å². The third-order valence-corrected chi connectivity index (χ3v) is 7.70. The first-order chi connectivity index (χ1) is 16.9. The highest BCUT2D eigenvalue weighted by Gasteiger charge is 2.65. The minimum absolute atomic E-state index is 0.0360. The van der Waals surface area contributed by atoms with Crippen LogP contribution in [0.15, 0.2) is 53.6 Å². The number of hydrogen-bond donors (Lipinski definition) is 3. The van der Waals surface area contributed by atoms with Gasteiger partial charge in [0.15, 0.2) is 5.82 Å². The van der Waals surface area contributed by atoms with Crippen LogP contribution >= 0.6 is 0 Å². The molecule has 0 saturated heterocycles. The molecule has 1 aliphatic carbocycles. The van der Waals surface area contributed by atoms with Crippen molar-refractivity contribution in [2.75, 3.05) is 31.1 Å². The van der Waals surface area contributed by atoms with Gasteiger partial charge in [-0.25, -0.2) is 0 Å². The highest BCUT2D eigenvalue weighted by atomic mass is 32.2. The zero-order chi connectivity index (χ0) is 24.3. The number of pyridine rings is 1. The first kappa shape index (κ1) is 21.8. The quantitative estimate of drug-likeness (QED) is 0.352. The van der Waals surface area contributed by atoms with Gasteiger partial charge in [0.1, 0.15) is 17.7 Å². The number of nitrogens with zero attached hydrogens (tertiary/aromatic N) is 2. The number of fused-ring (bicyclic) bond motifs is 3. The van der Waals surface area contributed by atoms with E-state index in [9.17, 15) is 9.35 Å². The van der Waals surface area contributed by atoms with Crippen molar-refractivity contribution in [2.45, 2.75) is 22.8 Å². The largest absolute Gasteiger partial charge is 0.610 e. The van der Waals surface area contributed by atoms with Gasteiger partial charge in [0.25, 0.3) is 0 Å². The smallest absolute Gasteiger partial charge is 0.247 e. The molecule has 35 heavy (non-hydrogen) atoms. The fourth-order valence-corrected chi connectivity index (χ4v) is 5.48. The normalized spacial score (nSPS) is 21.0. The van der Waals surface area contributed by atoms with Crippen LogP contribution in [0, 0.1) is 0 Å². The SMILES string of the molecule is COc1ccc2c(c1)[C@]1(C[C@H]1c1ccc3c(Nc4ccc([S+](C)[O-])nc4OC)n[nH]c3c1)C(=O)N2. The van der Waals surface area contributed by atoms with Crippen molar-refractivity contribution in [3.05, 3.63) is 59.7 Å². The number of methoxy groups -OCH3 is 2. The maximum Gasteiger partial charge on any atom is 0.247 e. The van der Waals surface area contributed by atoms with Crippen LogP contribution in [0.4, 0.5) is 17.2 Å². The molecule has 4 aromatic rings. The van der Waals surface area contributed by atoms with Gasteiger partial charge >= 0.3 is 0 Å². The molecule has 1 unspecified atom stereocenters. The number of anilines is 3. The minimum Gasteiger partial charge on any atom is -0.610 e. The van der Waals surface area contributed by atoms with Crippen LogP contribution in [0.5, 0.6) is 11.6 Å². The summed E-state index contributed by atoms with van der Waals surface area (Å²) < 4.78 is 22.5. The summed E-state index contributed by atoms with van der Waals surface area (Å²) in [5.41, 5.74) is 3.84. The van der Waals surface area contributed by atoms with E-state index in [1.807, 2.05) is 30.3 Å². The number of amides is 1. The lowest BCUT2D eigenvalue weighted by atomic mass is 9.91. The summed E-state index contributed by atoms with van der Waals surface area (Å²) in [4.78, 5) is 17.3. The molecule has 1 amide bonds. The molecule has 10 heteroatoms. The Morgan fingerprint density at radius 3 is 2.77 bits per heavy atom. The summed E-state index contributed by atoms with van der Waals surface area (Å²) in [5.74, 6) is 1.82. The van der Waals surface area contributed by atoms with E-state index in [4.69, 9.17) is 9.47 Å². The lowest BCUT2D eigenvalue weighted by Gasteiger charge is -2.11. The molecule has 2 aromatic heterocycles. The molecule has 0 bridgehead atoms. The number of ether oxygens (including phenoxy) is 2. The number of carbonyl (C=O) groups excluding carboxylic acids is 1. The van der Waals surface area contributed by atoms with Gasteiger partial charge in [0.05, 0.1) is 25.2 Å². The average Bonchev–Trinajstić information content (AvgIpc) is 3.42. The van der Waals surface area contributed by atoms with Crippen LogP contribution in [0.3, 0.4) is 0 Å². The van der Waals surface area contributed by atoms with Crippen LogP contribution < -0.4 is 20.1 Å². The molecule has 3 atom stereocenters. The first-order valence-electron chi connectivity index (χ1n) is 11.1. The second-order valence-electron chi connectivity index (χ2n) is 8.76. The number of carbonyl (C=O) groups is 1. The summed E-state index contributed by atoms with van der Waals surface area (Å²) >= 11 is -1.21. The van der Waals surface area contributed by atoms with Gasteiger partial charge in [-0.1, -0.05) is 6.07 Å². The predicted octanol–water partition coefficient (Wildman–Crippen LogP) is 3.83. The van der Waals surface area contributed by atoms with Crippen LogP contribution in [-0.4, -0.2) is 46.1 Å². The number of H-pyrrole nitrogens is 1. The zero-order valence-corrected chi connectivity index (χ0v) is 20.2. The predicted molar refractivity (Wildman–Crippen MR) is 133 cm³/mol. The van der Waals surface area contributed by atoms with Crippen molar-refractivity contribution in [1.82, 2.24) is 15.2 Å². The van der Waals surface area contributed by atoms with Crippen molar-refractivity contribution < 1.29 is 18.8 Å². The number of hydrogen-bond acceptors (Lipinski definition) is 7. The fraction of sp³-hybridized carbons (Fsp3) is 0.240. The third kappa shape index (κ3) is 3.32. The summed E-state index contributed by atoms with van der Waals surface area (Å²) in [5, 5.41) is 15.1. The van der Waals surface area contributed by atoms with Crippen LogP contribution in [0.2, 0.25) is 0 Å². The molecule has 1 aliphatic heterocycles. The monoisotopic (exact) mass is 489 g/mol. The van der Waals surface area contributed by atoms with Crippen LogP contribution in [0.25, 0.3) is 10.9 Å². The molecule has 2 aliphatic rings. The van der Waals surface area contributed by atoms with Gasteiger partial charge in [-0.2, -0.15) is 10.1 Å². The molecule has 3 N–H and O–H groups in total. The first-order valence-corrected chi connectivity index (χ1v) is 12.6. The van der Waals surface area contributed by atoms with Crippen molar-refractivity contribution in [2.24, 2.45) is 0 Å². The second-order valence-corrected chi connectivity index (χ2v) is 10.1. The van der Waals surface area contributed by atoms with Gasteiger partial charge in [-0.3, -0.25) is 9.89 Å². The number of nitrogens with one attached hydrogen (secondary N) is 3. The highest BCUT2D eigenvalue weighted by molar-refractivity contribution is 7.90. The molecular formula is C25H23N5O4S. The summed E-state index contributed by atoms with van der Waals surface area (Å²) in [6.07, 6.45) is 2.32. The van der Waals surface area contributed by atoms with E-state index in [1.54, 1.807) is 25.5 Å². The Kier molecular flexibility index (Phi) is 4.90. The zero-order valence-electron chi connectivity index (χ0n) is 19.3. The Hall–Kier alpha value is -3.76. The van der Waals surface area contributed by atoms with Crippen molar-refractivity contribution in [3.8, 4) is 11.6 Å². The van der Waals surface area contributed by atoms with Crippen LogP contribution in [-0.2, 0) is 21.4 Å². The molecule has 9 nitrogen and oxygen atoms in total. The van der Waals surface area contributed by atoms with Gasteiger partial charge in [0, 0.05) is 34.2 Å². The molecule has 178 valence electrons. The molecule has 2 aromatic carbocycles. The number of aromatic amines is 1. The number of aromatic nitrogens is 3. The Morgan fingerprint density at radius 1 is 1.14 bits per heavy atom. The van der Waals surface area contributed by atoms with E-state index >= 15 is 0 Å². The number of rotatable bonds is 6. The molecular weight excluding hydrogens is 466 g/mol. The molecule has 0 radical (unpaired) electrons. The van der Waals surface area contributed by atoms with Gasteiger partial charge in [-0.05, 0) is 53.9 Å². The second kappa shape index (κ2) is 7.89. The van der Waals surface area contributed by atoms with E-state index in [0.29, 0.717) is 22.4 Å². The van der Waals surface area contributed by atoms with Crippen molar-refractivity contribution in [1.29, 1.82) is 0 Å². The minimum atomic E-state index is -1.21. The van der Waals surface area contributed by atoms with Crippen molar-refractivity contribution >= 4 is 45.2 Å².